The van der Waals surface area contributed by atoms with Crippen LogP contribution in [0.5, 0.6) is 0 Å². The van der Waals surface area contributed by atoms with Crippen LogP contribution in [-0.4, -0.2) is 59.6 Å². The summed E-state index contributed by atoms with van der Waals surface area (Å²) in [5, 5.41) is 9.69. The smallest absolute Gasteiger partial charge is 0.330 e. The molecule has 0 aliphatic carbocycles. The molecule has 2 aliphatic rings. The van der Waals surface area contributed by atoms with E-state index in [4.69, 9.17) is 23.7 Å². The summed E-state index contributed by atoms with van der Waals surface area (Å²) in [6.45, 7) is 6.89. The Morgan fingerprint density at radius 3 is 2.50 bits per heavy atom. The van der Waals surface area contributed by atoms with Gasteiger partial charge in [-0.3, -0.25) is 14.3 Å². The number of aliphatic hydroxyl groups is 1. The van der Waals surface area contributed by atoms with Crippen molar-refractivity contribution in [2.45, 2.75) is 56.9 Å². The van der Waals surface area contributed by atoms with Crippen molar-refractivity contribution < 1.29 is 28.8 Å². The minimum absolute atomic E-state index is 0.135. The molecule has 10 nitrogen and oxygen atoms in total. The van der Waals surface area contributed by atoms with Crippen LogP contribution in [0.15, 0.2) is 22.2 Å². The van der Waals surface area contributed by atoms with Crippen LogP contribution >= 0.6 is 0 Å². The van der Waals surface area contributed by atoms with Gasteiger partial charge in [-0.25, -0.2) is 4.79 Å². The van der Waals surface area contributed by atoms with Crippen molar-refractivity contribution in [3.63, 3.8) is 0 Å². The second-order valence-electron chi connectivity index (χ2n) is 7.10. The fourth-order valence-electron chi connectivity index (χ4n) is 3.81. The highest BCUT2D eigenvalue weighted by Crippen LogP contribution is 2.43. The van der Waals surface area contributed by atoms with E-state index in [-0.39, 0.29) is 18.6 Å². The number of hydrogen-bond acceptors (Lipinski definition) is 8. The fourth-order valence-corrected chi connectivity index (χ4v) is 3.81. The number of nitrogens with one attached hydrogen (secondary N) is 1. The van der Waals surface area contributed by atoms with Gasteiger partial charge in [0.05, 0.1) is 12.2 Å². The van der Waals surface area contributed by atoms with Crippen LogP contribution in [0.25, 0.3) is 0 Å². The third-order valence-corrected chi connectivity index (χ3v) is 4.85. The maximum absolute atomic E-state index is 12.8. The number of aromatic amines is 1. The first-order valence-electron chi connectivity index (χ1n) is 8.94. The average Bonchev–Trinajstić information content (AvgIpc) is 3.11. The third-order valence-electron chi connectivity index (χ3n) is 4.85. The Balaban J connectivity index is 2.18. The van der Waals surface area contributed by atoms with E-state index in [0.717, 1.165) is 0 Å². The minimum atomic E-state index is -0.992. The van der Waals surface area contributed by atoms with Crippen molar-refractivity contribution in [1.29, 1.82) is 0 Å². The number of aliphatic hydroxyl groups excluding tert-OH is 1. The topological polar surface area (TPSA) is 121 Å². The normalized spacial score (nSPS) is 28.6. The van der Waals surface area contributed by atoms with E-state index in [2.05, 4.69) is 11.6 Å². The van der Waals surface area contributed by atoms with Gasteiger partial charge in [-0.05, 0) is 13.8 Å². The fraction of sp³-hybridized carbons (Fsp3) is 0.667. The van der Waals surface area contributed by atoms with E-state index in [1.165, 1.54) is 18.8 Å². The number of ether oxygens (including phenoxy) is 5. The van der Waals surface area contributed by atoms with E-state index in [9.17, 15) is 14.7 Å². The van der Waals surface area contributed by atoms with Gasteiger partial charge in [-0.1, -0.05) is 6.08 Å². The quantitative estimate of drug-likeness (QED) is 0.485. The van der Waals surface area contributed by atoms with Crippen LogP contribution in [0, 0.1) is 0 Å². The first-order valence-corrected chi connectivity index (χ1v) is 8.94. The second kappa shape index (κ2) is 7.90. The number of H-pyrrole nitrogens is 1. The Morgan fingerprint density at radius 2 is 1.93 bits per heavy atom. The average molecular weight is 398 g/mol. The predicted octanol–water partition coefficient (Wildman–Crippen LogP) is -0.0337. The maximum Gasteiger partial charge on any atom is 0.330 e. The number of rotatable bonds is 7. The molecule has 0 saturated carbocycles. The van der Waals surface area contributed by atoms with E-state index in [1.54, 1.807) is 19.9 Å². The number of methoxy groups -OCH3 is 2. The zero-order valence-electron chi connectivity index (χ0n) is 16.3. The van der Waals surface area contributed by atoms with Gasteiger partial charge in [0.15, 0.2) is 18.3 Å². The van der Waals surface area contributed by atoms with Crippen molar-refractivity contribution in [3.8, 4) is 0 Å². The van der Waals surface area contributed by atoms with Crippen molar-refractivity contribution in [1.82, 2.24) is 9.55 Å². The molecule has 2 N–H and O–H groups in total. The highest BCUT2D eigenvalue weighted by molar-refractivity contribution is 5.23. The Kier molecular flexibility index (Phi) is 5.89. The molecule has 0 amide bonds. The lowest BCUT2D eigenvalue weighted by molar-refractivity contribution is -0.201. The summed E-state index contributed by atoms with van der Waals surface area (Å²) in [7, 11) is 2.78. The van der Waals surface area contributed by atoms with Gasteiger partial charge in [0.25, 0.3) is 5.56 Å². The standard InChI is InChI=1S/C18H26N2O8/c1-6-7-9-11(16(24-4)25-5)14(22)19-17(23)20(9)15-13-12(10(8-21)26-15)27-18(2,3)28-13/h6,10,12-13,15-16,21H,1,7-8H2,2-5H3,(H,19,22,23)/t10-,12-,13-,15-/m1/s1. The van der Waals surface area contributed by atoms with Crippen LogP contribution in [0.3, 0.4) is 0 Å². The van der Waals surface area contributed by atoms with E-state index >= 15 is 0 Å². The SMILES string of the molecule is C=CCc1c(C(OC)OC)c(=O)[nH]c(=O)n1[C@@H]1O[C@H](CO)[C@H]2OC(C)(C)O[C@H]21. The molecule has 3 heterocycles. The molecule has 2 fully saturated rings. The number of allylic oxidation sites excluding steroid dienone is 1. The minimum Gasteiger partial charge on any atom is -0.394 e. The summed E-state index contributed by atoms with van der Waals surface area (Å²) in [5.74, 6) is -0.903. The molecule has 0 spiro atoms. The first-order chi connectivity index (χ1) is 13.3. The highest BCUT2D eigenvalue weighted by atomic mass is 16.8. The molecule has 0 radical (unpaired) electrons. The summed E-state index contributed by atoms with van der Waals surface area (Å²) in [5.41, 5.74) is -0.834. The molecule has 0 aromatic carbocycles. The molecular weight excluding hydrogens is 372 g/mol. The number of hydrogen-bond donors (Lipinski definition) is 2. The largest absolute Gasteiger partial charge is 0.394 e. The Bertz CT molecular complexity index is 841. The molecule has 1 aromatic heterocycles. The predicted molar refractivity (Wildman–Crippen MR) is 96.8 cm³/mol. The molecule has 10 heteroatoms. The van der Waals surface area contributed by atoms with Crippen molar-refractivity contribution in [2.24, 2.45) is 0 Å². The highest BCUT2D eigenvalue weighted by Gasteiger charge is 2.56. The molecule has 2 aliphatic heterocycles. The van der Waals surface area contributed by atoms with Crippen molar-refractivity contribution in [2.75, 3.05) is 20.8 Å². The number of nitrogens with zero attached hydrogens (tertiary/aromatic N) is 1. The Labute approximate surface area is 161 Å². The number of fused-ring (bicyclic) bond motifs is 1. The zero-order chi connectivity index (χ0) is 20.6. The van der Waals surface area contributed by atoms with Crippen LogP contribution in [0.4, 0.5) is 0 Å². The summed E-state index contributed by atoms with van der Waals surface area (Å²) < 4.78 is 29.5. The Hall–Kier alpha value is -1.82. The van der Waals surface area contributed by atoms with E-state index in [1.807, 2.05) is 0 Å². The molecular formula is C18H26N2O8. The lowest BCUT2D eigenvalue weighted by atomic mass is 10.1. The molecule has 3 rings (SSSR count). The van der Waals surface area contributed by atoms with E-state index in [0.29, 0.717) is 5.69 Å². The van der Waals surface area contributed by atoms with Gasteiger partial charge in [0.1, 0.15) is 18.3 Å². The van der Waals surface area contributed by atoms with Gasteiger partial charge in [-0.2, -0.15) is 0 Å². The molecule has 0 unspecified atom stereocenters. The lowest BCUT2D eigenvalue weighted by Crippen LogP contribution is -2.42. The molecule has 1 aromatic rings. The molecule has 28 heavy (non-hydrogen) atoms. The summed E-state index contributed by atoms with van der Waals surface area (Å²) in [4.78, 5) is 27.6. The molecule has 4 atom stereocenters. The van der Waals surface area contributed by atoms with E-state index < -0.39 is 47.9 Å². The first kappa shape index (κ1) is 20.9. The van der Waals surface area contributed by atoms with Crippen LogP contribution in [-0.2, 0) is 30.1 Å². The Morgan fingerprint density at radius 1 is 1.29 bits per heavy atom. The monoisotopic (exact) mass is 398 g/mol. The van der Waals surface area contributed by atoms with Crippen LogP contribution in [0.1, 0.15) is 37.6 Å². The summed E-state index contributed by atoms with van der Waals surface area (Å²) in [6, 6.07) is 0. The summed E-state index contributed by atoms with van der Waals surface area (Å²) >= 11 is 0. The lowest BCUT2D eigenvalue weighted by Gasteiger charge is -2.27. The summed E-state index contributed by atoms with van der Waals surface area (Å²) in [6.07, 6.45) is -2.08. The van der Waals surface area contributed by atoms with Gasteiger partial charge >= 0.3 is 5.69 Å². The van der Waals surface area contributed by atoms with Crippen molar-refractivity contribution in [3.05, 3.63) is 44.8 Å². The van der Waals surface area contributed by atoms with Crippen LogP contribution < -0.4 is 11.2 Å². The molecule has 2 saturated heterocycles. The van der Waals surface area contributed by atoms with Gasteiger partial charge in [0.2, 0.25) is 0 Å². The third kappa shape index (κ3) is 3.47. The molecule has 0 bridgehead atoms. The molecule has 156 valence electrons. The van der Waals surface area contributed by atoms with Crippen LogP contribution in [0.2, 0.25) is 0 Å². The van der Waals surface area contributed by atoms with Gasteiger partial charge in [-0.15, -0.1) is 6.58 Å². The zero-order valence-corrected chi connectivity index (χ0v) is 16.3. The van der Waals surface area contributed by atoms with Crippen molar-refractivity contribution >= 4 is 0 Å². The maximum atomic E-state index is 12.8. The second-order valence-corrected chi connectivity index (χ2v) is 7.10. The van der Waals surface area contributed by atoms with Gasteiger partial charge < -0.3 is 28.8 Å². The van der Waals surface area contributed by atoms with Gasteiger partial charge in [0, 0.05) is 26.3 Å². The number of aromatic nitrogens is 2.